The Bertz CT molecular complexity index is 870. The number of carbonyl (C=O) groups is 4. The van der Waals surface area contributed by atoms with Gasteiger partial charge in [-0.2, -0.15) is 0 Å². The lowest BCUT2D eigenvalue weighted by Gasteiger charge is -2.27. The third-order valence-corrected chi connectivity index (χ3v) is 6.85. The molecule has 2 atom stereocenters. The van der Waals surface area contributed by atoms with Crippen LogP contribution < -0.4 is 0 Å². The van der Waals surface area contributed by atoms with E-state index in [4.69, 9.17) is 14.2 Å². The summed E-state index contributed by atoms with van der Waals surface area (Å²) >= 11 is 0. The molecule has 0 radical (unpaired) electrons. The van der Waals surface area contributed by atoms with Crippen molar-refractivity contribution in [1.82, 2.24) is 4.31 Å². The molecule has 2 rings (SSSR count). The number of ether oxygens (including phenoxy) is 3. The standard InChI is InChI=1S/C20H27NO9S/c1-14(22)10-28-12-20(3,13-29-11-15(2)23)19(25)30-9-8-21-18(24)16-6-4-5-7-17(16)31(21,26)27/h4-7,16-17H,8-13H2,1-3H3. The fourth-order valence-corrected chi connectivity index (χ4v) is 5.03. The van der Waals surface area contributed by atoms with Gasteiger partial charge in [0.25, 0.3) is 0 Å². The molecule has 10 nitrogen and oxygen atoms in total. The van der Waals surface area contributed by atoms with Gasteiger partial charge >= 0.3 is 5.97 Å². The van der Waals surface area contributed by atoms with Crippen molar-refractivity contribution in [3.05, 3.63) is 24.3 Å². The lowest BCUT2D eigenvalue weighted by molar-refractivity contribution is -0.165. The summed E-state index contributed by atoms with van der Waals surface area (Å²) in [6.07, 6.45) is 6.18. The number of fused-ring (bicyclic) bond motifs is 1. The van der Waals surface area contributed by atoms with Crippen molar-refractivity contribution in [2.45, 2.75) is 26.0 Å². The zero-order chi connectivity index (χ0) is 23.2. The second kappa shape index (κ2) is 10.3. The zero-order valence-corrected chi connectivity index (χ0v) is 18.6. The van der Waals surface area contributed by atoms with E-state index in [1.165, 1.54) is 32.9 Å². The van der Waals surface area contributed by atoms with Gasteiger partial charge in [0.1, 0.15) is 30.5 Å². The number of nitrogens with zero attached hydrogens (tertiary/aromatic N) is 1. The van der Waals surface area contributed by atoms with Crippen LogP contribution in [0.4, 0.5) is 0 Å². The van der Waals surface area contributed by atoms with Crippen LogP contribution in [0.3, 0.4) is 0 Å². The first-order valence-corrected chi connectivity index (χ1v) is 11.2. The van der Waals surface area contributed by atoms with Crippen LogP contribution in [0.25, 0.3) is 0 Å². The van der Waals surface area contributed by atoms with Gasteiger partial charge in [-0.15, -0.1) is 0 Å². The summed E-state index contributed by atoms with van der Waals surface area (Å²) in [6, 6.07) is 0. The van der Waals surface area contributed by atoms with E-state index in [1.807, 2.05) is 0 Å². The highest BCUT2D eigenvalue weighted by Gasteiger charge is 2.50. The Morgan fingerprint density at radius 1 is 1.03 bits per heavy atom. The Labute approximate surface area is 181 Å². The van der Waals surface area contributed by atoms with E-state index in [0.29, 0.717) is 0 Å². The van der Waals surface area contributed by atoms with Crippen molar-refractivity contribution in [3.8, 4) is 0 Å². The first-order chi connectivity index (χ1) is 14.5. The number of rotatable bonds is 12. The van der Waals surface area contributed by atoms with Crippen molar-refractivity contribution in [2.75, 3.05) is 39.6 Å². The van der Waals surface area contributed by atoms with E-state index in [-0.39, 0.29) is 51.1 Å². The van der Waals surface area contributed by atoms with Gasteiger partial charge in [0.05, 0.1) is 25.7 Å². The topological polar surface area (TPSA) is 133 Å². The van der Waals surface area contributed by atoms with Crippen LogP contribution in [0.15, 0.2) is 24.3 Å². The molecule has 0 aromatic rings. The molecule has 0 saturated carbocycles. The van der Waals surface area contributed by atoms with Crippen molar-refractivity contribution in [3.63, 3.8) is 0 Å². The number of allylic oxidation sites excluding steroid dienone is 2. The Kier molecular flexibility index (Phi) is 8.27. The van der Waals surface area contributed by atoms with E-state index in [2.05, 4.69) is 0 Å². The van der Waals surface area contributed by atoms with E-state index in [1.54, 1.807) is 12.2 Å². The van der Waals surface area contributed by atoms with E-state index in [0.717, 1.165) is 4.31 Å². The van der Waals surface area contributed by atoms with Crippen LogP contribution >= 0.6 is 0 Å². The summed E-state index contributed by atoms with van der Waals surface area (Å²) in [5, 5.41) is -0.953. The molecule has 1 amide bonds. The Hall–Kier alpha value is -2.37. The van der Waals surface area contributed by atoms with Crippen molar-refractivity contribution < 1.29 is 41.8 Å². The number of esters is 1. The van der Waals surface area contributed by atoms with Crippen LogP contribution in [0, 0.1) is 11.3 Å². The number of carbonyl (C=O) groups excluding carboxylic acids is 4. The second-order valence-electron chi connectivity index (χ2n) is 7.80. The first kappa shape index (κ1) is 24.9. The smallest absolute Gasteiger partial charge is 0.316 e. The molecule has 1 saturated heterocycles. The van der Waals surface area contributed by atoms with E-state index < -0.39 is 38.5 Å². The largest absolute Gasteiger partial charge is 0.463 e. The molecule has 2 unspecified atom stereocenters. The van der Waals surface area contributed by atoms with E-state index in [9.17, 15) is 27.6 Å². The molecule has 1 heterocycles. The van der Waals surface area contributed by atoms with Crippen LogP contribution in [-0.4, -0.2) is 81.0 Å². The molecule has 31 heavy (non-hydrogen) atoms. The molecule has 1 aliphatic carbocycles. The molecule has 0 aromatic heterocycles. The quantitative estimate of drug-likeness (QED) is 0.372. The fraction of sp³-hybridized carbons (Fsp3) is 0.600. The minimum absolute atomic E-state index is 0.204. The third kappa shape index (κ3) is 6.08. The first-order valence-electron chi connectivity index (χ1n) is 9.71. The van der Waals surface area contributed by atoms with Crippen molar-refractivity contribution >= 4 is 33.5 Å². The number of hydrogen-bond donors (Lipinski definition) is 0. The normalized spacial score (nSPS) is 21.8. The predicted octanol–water partition coefficient (Wildman–Crippen LogP) is 0.0299. The number of ketones is 2. The summed E-state index contributed by atoms with van der Waals surface area (Å²) in [6.45, 7) is 2.64. The highest BCUT2D eigenvalue weighted by atomic mass is 32.2. The lowest BCUT2D eigenvalue weighted by Crippen LogP contribution is -2.41. The Morgan fingerprint density at radius 3 is 2.10 bits per heavy atom. The third-order valence-electron chi connectivity index (χ3n) is 4.74. The van der Waals surface area contributed by atoms with Gasteiger partial charge in [0.2, 0.25) is 15.9 Å². The van der Waals surface area contributed by atoms with Crippen molar-refractivity contribution in [1.29, 1.82) is 0 Å². The van der Waals surface area contributed by atoms with Gasteiger partial charge in [0.15, 0.2) is 11.6 Å². The van der Waals surface area contributed by atoms with E-state index >= 15 is 0 Å². The molecule has 0 bridgehead atoms. The molecular weight excluding hydrogens is 430 g/mol. The molecule has 172 valence electrons. The van der Waals surface area contributed by atoms with Crippen LogP contribution in [0.2, 0.25) is 0 Å². The summed E-state index contributed by atoms with van der Waals surface area (Å²) in [7, 11) is -3.89. The monoisotopic (exact) mass is 457 g/mol. The highest BCUT2D eigenvalue weighted by Crippen LogP contribution is 2.32. The summed E-state index contributed by atoms with van der Waals surface area (Å²) in [5.74, 6) is -2.58. The van der Waals surface area contributed by atoms with Crippen LogP contribution in [0.5, 0.6) is 0 Å². The molecule has 11 heteroatoms. The predicted molar refractivity (Wildman–Crippen MR) is 108 cm³/mol. The average Bonchev–Trinajstić information content (AvgIpc) is 2.88. The van der Waals surface area contributed by atoms with Gasteiger partial charge < -0.3 is 14.2 Å². The van der Waals surface area contributed by atoms with Crippen LogP contribution in [-0.2, 0) is 43.4 Å². The Balaban J connectivity index is 1.98. The SMILES string of the molecule is CC(=O)COCC(C)(COCC(C)=O)C(=O)OCCN1C(=O)C2C=CC=CC2S1(=O)=O. The Morgan fingerprint density at radius 2 is 1.58 bits per heavy atom. The van der Waals surface area contributed by atoms with Gasteiger partial charge in [0, 0.05) is 0 Å². The molecular formula is C20H27NO9S. The molecule has 1 fully saturated rings. The molecule has 0 spiro atoms. The second-order valence-corrected chi connectivity index (χ2v) is 9.82. The fourth-order valence-electron chi connectivity index (χ4n) is 3.17. The molecule has 2 aliphatic rings. The number of hydrogen-bond acceptors (Lipinski definition) is 9. The molecule has 0 aromatic carbocycles. The van der Waals surface area contributed by atoms with Crippen molar-refractivity contribution in [2.24, 2.45) is 11.3 Å². The number of sulfonamides is 1. The zero-order valence-electron chi connectivity index (χ0n) is 17.7. The molecule has 0 N–H and O–H groups in total. The lowest BCUT2D eigenvalue weighted by atomic mass is 9.93. The number of Topliss-reactive ketones (excluding diaryl/α,β-unsaturated/α-hetero) is 2. The van der Waals surface area contributed by atoms with Gasteiger partial charge in [-0.1, -0.05) is 24.3 Å². The van der Waals surface area contributed by atoms with Crippen LogP contribution in [0.1, 0.15) is 20.8 Å². The summed E-state index contributed by atoms with van der Waals surface area (Å²) in [4.78, 5) is 47.3. The summed E-state index contributed by atoms with van der Waals surface area (Å²) in [5.41, 5.74) is -1.34. The number of amides is 1. The maximum absolute atomic E-state index is 12.7. The van der Waals surface area contributed by atoms with Gasteiger partial charge in [-0.3, -0.25) is 19.2 Å². The molecule has 1 aliphatic heterocycles. The average molecular weight is 458 g/mol. The summed E-state index contributed by atoms with van der Waals surface area (Å²) < 4.78 is 41.6. The minimum atomic E-state index is -3.89. The maximum Gasteiger partial charge on any atom is 0.316 e. The van der Waals surface area contributed by atoms with Gasteiger partial charge in [-0.25, -0.2) is 12.7 Å². The minimum Gasteiger partial charge on any atom is -0.463 e. The van der Waals surface area contributed by atoms with Gasteiger partial charge in [-0.05, 0) is 20.8 Å². The maximum atomic E-state index is 12.7. The highest BCUT2D eigenvalue weighted by molar-refractivity contribution is 7.91.